The summed E-state index contributed by atoms with van der Waals surface area (Å²) in [6.45, 7) is 3.10. The minimum atomic E-state index is 0.191. The first-order valence-electron chi connectivity index (χ1n) is 9.56. The predicted molar refractivity (Wildman–Crippen MR) is 98.8 cm³/mol. The second-order valence-corrected chi connectivity index (χ2v) is 7.47. The van der Waals surface area contributed by atoms with E-state index in [0.717, 1.165) is 37.0 Å². The van der Waals surface area contributed by atoms with Crippen LogP contribution in [0.3, 0.4) is 0 Å². The van der Waals surface area contributed by atoms with Gasteiger partial charge in [-0.25, -0.2) is 0 Å². The van der Waals surface area contributed by atoms with Gasteiger partial charge in [-0.2, -0.15) is 0 Å². The number of piperidine rings is 1. The quantitative estimate of drug-likeness (QED) is 0.798. The van der Waals surface area contributed by atoms with Crippen LogP contribution in [-0.4, -0.2) is 42.5 Å². The standard InChI is InChI=1S/C21H30N2O/c1-3-4-14-23(20-15-18-11-12-19(16-20)22(18)2)21(24)13-10-17-8-6-5-7-9-17/h5-10,13,18-20H,3-4,11-12,14-16H2,1-2H3/p+1/b13-10+/t18-,19-/m1/s1. The van der Waals surface area contributed by atoms with Gasteiger partial charge in [-0.15, -0.1) is 0 Å². The number of unbranched alkanes of at least 4 members (excludes halogenated alkanes) is 1. The minimum Gasteiger partial charge on any atom is -0.336 e. The molecule has 1 aromatic carbocycles. The van der Waals surface area contributed by atoms with E-state index in [4.69, 9.17) is 0 Å². The first kappa shape index (κ1) is 17.2. The molecule has 3 rings (SSSR count). The molecule has 2 saturated heterocycles. The molecule has 130 valence electrons. The van der Waals surface area contributed by atoms with Crippen LogP contribution in [0.25, 0.3) is 6.08 Å². The molecule has 0 saturated carbocycles. The number of hydrogen-bond donors (Lipinski definition) is 1. The summed E-state index contributed by atoms with van der Waals surface area (Å²) >= 11 is 0. The smallest absolute Gasteiger partial charge is 0.246 e. The molecular weight excluding hydrogens is 296 g/mol. The number of fused-ring (bicyclic) bond motifs is 2. The molecule has 2 bridgehead atoms. The van der Waals surface area contributed by atoms with Crippen LogP contribution in [-0.2, 0) is 4.79 Å². The Balaban J connectivity index is 1.69. The zero-order valence-electron chi connectivity index (χ0n) is 15.1. The van der Waals surface area contributed by atoms with E-state index in [1.807, 2.05) is 36.4 Å². The highest BCUT2D eigenvalue weighted by Gasteiger charge is 2.44. The fraction of sp³-hybridized carbons (Fsp3) is 0.571. The molecule has 0 spiro atoms. The molecule has 1 N–H and O–H groups in total. The molecule has 0 unspecified atom stereocenters. The van der Waals surface area contributed by atoms with Crippen molar-refractivity contribution in [1.29, 1.82) is 0 Å². The van der Waals surface area contributed by atoms with Gasteiger partial charge in [0, 0.05) is 44.3 Å². The van der Waals surface area contributed by atoms with Gasteiger partial charge in [0.05, 0.1) is 19.1 Å². The van der Waals surface area contributed by atoms with Gasteiger partial charge in [0.2, 0.25) is 5.91 Å². The summed E-state index contributed by atoms with van der Waals surface area (Å²) in [4.78, 5) is 16.7. The third-order valence-corrected chi connectivity index (χ3v) is 5.96. The Hall–Kier alpha value is -1.61. The van der Waals surface area contributed by atoms with Crippen LogP contribution < -0.4 is 4.90 Å². The highest BCUT2D eigenvalue weighted by atomic mass is 16.2. The summed E-state index contributed by atoms with van der Waals surface area (Å²) < 4.78 is 0. The van der Waals surface area contributed by atoms with E-state index in [-0.39, 0.29) is 5.91 Å². The lowest BCUT2D eigenvalue weighted by Gasteiger charge is -2.39. The van der Waals surface area contributed by atoms with Gasteiger partial charge in [-0.1, -0.05) is 43.7 Å². The lowest BCUT2D eigenvalue weighted by molar-refractivity contribution is -0.922. The van der Waals surface area contributed by atoms with Crippen LogP contribution in [0.5, 0.6) is 0 Å². The minimum absolute atomic E-state index is 0.191. The van der Waals surface area contributed by atoms with Crippen LogP contribution in [0.2, 0.25) is 0 Å². The summed E-state index contributed by atoms with van der Waals surface area (Å²) in [7, 11) is 2.34. The molecule has 2 aliphatic rings. The number of quaternary nitrogens is 1. The Labute approximate surface area is 146 Å². The molecule has 3 heteroatoms. The number of carbonyl (C=O) groups excluding carboxylic acids is 1. The molecular formula is C21H31N2O+. The number of hydrogen-bond acceptors (Lipinski definition) is 1. The third kappa shape index (κ3) is 3.89. The van der Waals surface area contributed by atoms with Crippen molar-refractivity contribution in [2.75, 3.05) is 13.6 Å². The number of carbonyl (C=O) groups is 1. The highest BCUT2D eigenvalue weighted by Crippen LogP contribution is 2.26. The number of nitrogens with zero attached hydrogens (tertiary/aromatic N) is 1. The van der Waals surface area contributed by atoms with Gasteiger partial charge >= 0.3 is 0 Å². The fourth-order valence-electron chi connectivity index (χ4n) is 4.43. The lowest BCUT2D eigenvalue weighted by atomic mass is 9.96. The van der Waals surface area contributed by atoms with Crippen molar-refractivity contribution in [1.82, 2.24) is 4.90 Å². The van der Waals surface area contributed by atoms with E-state index in [9.17, 15) is 4.79 Å². The van der Waals surface area contributed by atoms with Crippen molar-refractivity contribution in [2.24, 2.45) is 0 Å². The van der Waals surface area contributed by atoms with Crippen molar-refractivity contribution in [3.63, 3.8) is 0 Å². The molecule has 2 heterocycles. The van der Waals surface area contributed by atoms with Crippen molar-refractivity contribution < 1.29 is 9.69 Å². The van der Waals surface area contributed by atoms with Crippen molar-refractivity contribution in [3.8, 4) is 0 Å². The first-order valence-corrected chi connectivity index (χ1v) is 9.56. The van der Waals surface area contributed by atoms with E-state index < -0.39 is 0 Å². The summed E-state index contributed by atoms with van der Waals surface area (Å²) in [5.74, 6) is 0.191. The Morgan fingerprint density at radius 3 is 2.50 bits per heavy atom. The van der Waals surface area contributed by atoms with Gasteiger partial charge in [-0.05, 0) is 18.1 Å². The van der Waals surface area contributed by atoms with E-state index >= 15 is 0 Å². The van der Waals surface area contributed by atoms with Crippen LogP contribution >= 0.6 is 0 Å². The predicted octanol–water partition coefficient (Wildman–Crippen LogP) is 2.54. The molecule has 2 atom stereocenters. The zero-order valence-corrected chi connectivity index (χ0v) is 15.1. The maximum Gasteiger partial charge on any atom is 0.246 e. The molecule has 24 heavy (non-hydrogen) atoms. The summed E-state index contributed by atoms with van der Waals surface area (Å²) in [6.07, 6.45) is 11.0. The average Bonchev–Trinajstić information content (AvgIpc) is 2.82. The molecule has 2 aliphatic heterocycles. The SMILES string of the molecule is CCCCN(C(=O)/C=C/c1ccccc1)C1C[C@H]2CC[C@H](C1)[NH+]2C. The number of rotatable bonds is 6. The molecule has 1 aromatic rings. The van der Waals surface area contributed by atoms with Crippen molar-refractivity contribution in [2.45, 2.75) is 63.6 Å². The largest absolute Gasteiger partial charge is 0.336 e. The molecule has 2 fully saturated rings. The molecule has 3 nitrogen and oxygen atoms in total. The van der Waals surface area contributed by atoms with Gasteiger partial charge < -0.3 is 9.80 Å². The average molecular weight is 327 g/mol. The maximum absolute atomic E-state index is 12.9. The van der Waals surface area contributed by atoms with Crippen LogP contribution in [0, 0.1) is 0 Å². The highest BCUT2D eigenvalue weighted by molar-refractivity contribution is 5.92. The Morgan fingerprint density at radius 1 is 1.21 bits per heavy atom. The van der Waals surface area contributed by atoms with Crippen LogP contribution in [0.1, 0.15) is 51.0 Å². The molecule has 0 aromatic heterocycles. The maximum atomic E-state index is 12.9. The van der Waals surface area contributed by atoms with E-state index in [2.05, 4.69) is 18.9 Å². The molecule has 0 aliphatic carbocycles. The van der Waals surface area contributed by atoms with Crippen LogP contribution in [0.15, 0.2) is 36.4 Å². The van der Waals surface area contributed by atoms with Crippen molar-refractivity contribution in [3.05, 3.63) is 42.0 Å². The lowest BCUT2D eigenvalue weighted by Crippen LogP contribution is -3.15. The number of amides is 1. The Kier molecular flexibility index (Phi) is 5.72. The Bertz CT molecular complexity index is 554. The van der Waals surface area contributed by atoms with Gasteiger partial charge in [-0.3, -0.25) is 4.79 Å². The first-order chi connectivity index (χ1) is 11.7. The normalized spacial score (nSPS) is 29.1. The molecule has 0 radical (unpaired) electrons. The second kappa shape index (κ2) is 7.98. The zero-order chi connectivity index (χ0) is 16.9. The fourth-order valence-corrected chi connectivity index (χ4v) is 4.43. The van der Waals surface area contributed by atoms with Crippen molar-refractivity contribution >= 4 is 12.0 Å². The third-order valence-electron chi connectivity index (χ3n) is 5.96. The molecule has 1 amide bonds. The monoisotopic (exact) mass is 327 g/mol. The number of nitrogens with one attached hydrogen (secondary N) is 1. The summed E-state index contributed by atoms with van der Waals surface area (Å²) in [5, 5.41) is 0. The van der Waals surface area contributed by atoms with E-state index in [1.165, 1.54) is 25.7 Å². The second-order valence-electron chi connectivity index (χ2n) is 7.47. The van der Waals surface area contributed by atoms with Gasteiger partial charge in [0.25, 0.3) is 0 Å². The van der Waals surface area contributed by atoms with Crippen LogP contribution in [0.4, 0.5) is 0 Å². The Morgan fingerprint density at radius 2 is 1.88 bits per heavy atom. The van der Waals surface area contributed by atoms with E-state index in [1.54, 1.807) is 11.0 Å². The summed E-state index contributed by atoms with van der Waals surface area (Å²) in [6, 6.07) is 12.0. The van der Waals surface area contributed by atoms with Gasteiger partial charge in [0.1, 0.15) is 0 Å². The topological polar surface area (TPSA) is 24.8 Å². The summed E-state index contributed by atoms with van der Waals surface area (Å²) in [5.41, 5.74) is 1.09. The van der Waals surface area contributed by atoms with E-state index in [0.29, 0.717) is 6.04 Å². The van der Waals surface area contributed by atoms with Gasteiger partial charge in [0.15, 0.2) is 0 Å². The number of benzene rings is 1.